The summed E-state index contributed by atoms with van der Waals surface area (Å²) in [5, 5.41) is 13.1. The number of H-pyrrole nitrogens is 1. The molecule has 1 aliphatic heterocycles. The Hall–Kier alpha value is -3.29. The van der Waals surface area contributed by atoms with Crippen LogP contribution in [-0.4, -0.2) is 53.7 Å². The molecule has 0 atom stereocenters. The molecule has 5 rings (SSSR count). The first-order valence-electron chi connectivity index (χ1n) is 9.10. The molecule has 4 aromatic rings. The van der Waals surface area contributed by atoms with Crippen LogP contribution in [0.5, 0.6) is 0 Å². The Bertz CT molecular complexity index is 1140. The van der Waals surface area contributed by atoms with Crippen LogP contribution in [-0.2, 0) is 0 Å². The zero-order valence-electron chi connectivity index (χ0n) is 15.0. The summed E-state index contributed by atoms with van der Waals surface area (Å²) in [5.41, 5.74) is 4.14. The summed E-state index contributed by atoms with van der Waals surface area (Å²) in [6.07, 6.45) is 3.35. The highest BCUT2D eigenvalue weighted by Gasteiger charge is 2.28. The Balaban J connectivity index is 1.33. The lowest BCUT2D eigenvalue weighted by Gasteiger charge is -2.31. The third-order valence-electron chi connectivity index (χ3n) is 5.23. The summed E-state index contributed by atoms with van der Waals surface area (Å²) in [6.45, 7) is 3.36. The summed E-state index contributed by atoms with van der Waals surface area (Å²) in [7, 11) is 0. The highest BCUT2D eigenvalue weighted by molar-refractivity contribution is 5.97. The number of benzene rings is 1. The van der Waals surface area contributed by atoms with Gasteiger partial charge in [-0.15, -0.1) is 10.2 Å². The number of rotatable bonds is 2. The standard InChI is InChI=1S/C19H19N7O/c1-12-2-5-17-22-23-18(26(17)24-12)13-6-8-25(9-7-13)19(27)14-3-4-15-16(10-14)21-11-20-15/h2-5,10-11,13H,6-9H2,1H3,(H,20,21). The van der Waals surface area contributed by atoms with E-state index in [1.54, 1.807) is 6.33 Å². The second-order valence-corrected chi connectivity index (χ2v) is 7.00. The number of likely N-dealkylation sites (tertiary alicyclic amines) is 1. The van der Waals surface area contributed by atoms with Gasteiger partial charge in [0.15, 0.2) is 11.5 Å². The third kappa shape index (κ3) is 2.73. The van der Waals surface area contributed by atoms with Crippen LogP contribution in [0.1, 0.15) is 40.6 Å². The van der Waals surface area contributed by atoms with Gasteiger partial charge in [-0.2, -0.15) is 9.61 Å². The van der Waals surface area contributed by atoms with E-state index in [1.165, 1.54) is 0 Å². The molecule has 0 radical (unpaired) electrons. The van der Waals surface area contributed by atoms with Crippen molar-refractivity contribution < 1.29 is 4.79 Å². The summed E-state index contributed by atoms with van der Waals surface area (Å²) in [6, 6.07) is 9.46. The van der Waals surface area contributed by atoms with E-state index in [4.69, 9.17) is 0 Å². The molecule has 0 saturated carbocycles. The van der Waals surface area contributed by atoms with Gasteiger partial charge in [-0.25, -0.2) is 4.98 Å². The lowest BCUT2D eigenvalue weighted by atomic mass is 9.95. The lowest BCUT2D eigenvalue weighted by molar-refractivity contribution is 0.0711. The SMILES string of the molecule is Cc1ccc2nnc(C3CCN(C(=O)c4ccc5nc[nH]c5c4)CC3)n2n1. The zero-order valence-corrected chi connectivity index (χ0v) is 15.0. The fourth-order valence-electron chi connectivity index (χ4n) is 3.74. The number of nitrogens with one attached hydrogen (secondary N) is 1. The van der Waals surface area contributed by atoms with Crippen LogP contribution in [0, 0.1) is 6.92 Å². The van der Waals surface area contributed by atoms with Gasteiger partial charge in [-0.1, -0.05) is 0 Å². The van der Waals surface area contributed by atoms with Gasteiger partial charge in [0.1, 0.15) is 0 Å². The highest BCUT2D eigenvalue weighted by Crippen LogP contribution is 2.28. The second kappa shape index (κ2) is 6.15. The van der Waals surface area contributed by atoms with Gasteiger partial charge in [0.05, 0.1) is 23.1 Å². The number of carbonyl (C=O) groups excluding carboxylic acids is 1. The first-order valence-corrected chi connectivity index (χ1v) is 9.10. The second-order valence-electron chi connectivity index (χ2n) is 7.00. The van der Waals surface area contributed by atoms with Gasteiger partial charge in [0.2, 0.25) is 0 Å². The Labute approximate surface area is 155 Å². The van der Waals surface area contributed by atoms with Crippen molar-refractivity contribution in [3.8, 4) is 0 Å². The first-order chi connectivity index (χ1) is 13.2. The van der Waals surface area contributed by atoms with Gasteiger partial charge in [-0.3, -0.25) is 4.79 Å². The van der Waals surface area contributed by atoms with Crippen LogP contribution in [0.25, 0.3) is 16.7 Å². The van der Waals surface area contributed by atoms with Gasteiger partial charge >= 0.3 is 0 Å². The molecule has 1 saturated heterocycles. The number of carbonyl (C=O) groups is 1. The van der Waals surface area contributed by atoms with E-state index in [2.05, 4.69) is 25.3 Å². The molecular weight excluding hydrogens is 342 g/mol. The van der Waals surface area contributed by atoms with Crippen molar-refractivity contribution in [1.82, 2.24) is 34.7 Å². The smallest absolute Gasteiger partial charge is 0.253 e. The summed E-state index contributed by atoms with van der Waals surface area (Å²) < 4.78 is 1.84. The molecular formula is C19H19N7O. The van der Waals surface area contributed by atoms with E-state index in [0.717, 1.165) is 41.0 Å². The minimum atomic E-state index is 0.0602. The predicted octanol–water partition coefficient (Wildman–Crippen LogP) is 2.33. The zero-order chi connectivity index (χ0) is 18.4. The number of aryl methyl sites for hydroxylation is 1. The molecule has 1 fully saturated rings. The van der Waals surface area contributed by atoms with E-state index in [9.17, 15) is 4.79 Å². The van der Waals surface area contributed by atoms with E-state index < -0.39 is 0 Å². The summed E-state index contributed by atoms with van der Waals surface area (Å²) in [5.74, 6) is 1.21. The number of aromatic amines is 1. The van der Waals surface area contributed by atoms with Gasteiger partial charge in [0, 0.05) is 24.6 Å². The maximum atomic E-state index is 12.9. The van der Waals surface area contributed by atoms with Crippen LogP contribution < -0.4 is 0 Å². The first kappa shape index (κ1) is 15.9. The highest BCUT2D eigenvalue weighted by atomic mass is 16.2. The topological polar surface area (TPSA) is 92.1 Å². The number of imidazole rings is 1. The quantitative estimate of drug-likeness (QED) is 0.592. The molecule has 1 N–H and O–H groups in total. The largest absolute Gasteiger partial charge is 0.345 e. The molecule has 4 heterocycles. The van der Waals surface area contributed by atoms with Crippen LogP contribution in [0.2, 0.25) is 0 Å². The Morgan fingerprint density at radius 3 is 2.85 bits per heavy atom. The summed E-state index contributed by atoms with van der Waals surface area (Å²) >= 11 is 0. The average molecular weight is 361 g/mol. The van der Waals surface area contributed by atoms with Crippen molar-refractivity contribution in [2.24, 2.45) is 0 Å². The van der Waals surface area contributed by atoms with Gasteiger partial charge in [-0.05, 0) is 50.1 Å². The molecule has 0 unspecified atom stereocenters. The van der Waals surface area contributed by atoms with E-state index in [-0.39, 0.29) is 11.8 Å². The van der Waals surface area contributed by atoms with Crippen LogP contribution in [0.3, 0.4) is 0 Å². The lowest BCUT2D eigenvalue weighted by Crippen LogP contribution is -2.38. The van der Waals surface area contributed by atoms with E-state index in [0.29, 0.717) is 18.7 Å². The maximum Gasteiger partial charge on any atom is 0.253 e. The van der Waals surface area contributed by atoms with Crippen molar-refractivity contribution >= 4 is 22.6 Å². The Morgan fingerprint density at radius 1 is 1.15 bits per heavy atom. The molecule has 136 valence electrons. The average Bonchev–Trinajstić information content (AvgIpc) is 3.33. The van der Waals surface area contributed by atoms with Gasteiger partial charge in [0.25, 0.3) is 5.91 Å². The number of fused-ring (bicyclic) bond motifs is 2. The molecule has 27 heavy (non-hydrogen) atoms. The maximum absolute atomic E-state index is 12.9. The van der Waals surface area contributed by atoms with E-state index >= 15 is 0 Å². The Kier molecular flexibility index (Phi) is 3.63. The van der Waals surface area contributed by atoms with Crippen LogP contribution in [0.15, 0.2) is 36.7 Å². The monoisotopic (exact) mass is 361 g/mol. The van der Waals surface area contributed by atoms with Gasteiger partial charge < -0.3 is 9.88 Å². The number of aromatic nitrogens is 6. The van der Waals surface area contributed by atoms with Crippen molar-refractivity contribution in [3.63, 3.8) is 0 Å². The number of amides is 1. The minimum absolute atomic E-state index is 0.0602. The fraction of sp³-hybridized carbons (Fsp3) is 0.316. The van der Waals surface area contributed by atoms with Crippen molar-refractivity contribution in [1.29, 1.82) is 0 Å². The minimum Gasteiger partial charge on any atom is -0.345 e. The third-order valence-corrected chi connectivity index (χ3v) is 5.23. The van der Waals surface area contributed by atoms with Crippen molar-refractivity contribution in [2.75, 3.05) is 13.1 Å². The molecule has 1 amide bonds. The van der Waals surface area contributed by atoms with Crippen molar-refractivity contribution in [3.05, 3.63) is 53.7 Å². The Morgan fingerprint density at radius 2 is 2.00 bits per heavy atom. The molecule has 0 aliphatic carbocycles. The number of nitrogens with zero attached hydrogens (tertiary/aromatic N) is 6. The molecule has 8 nitrogen and oxygen atoms in total. The number of hydrogen-bond donors (Lipinski definition) is 1. The van der Waals surface area contributed by atoms with Crippen molar-refractivity contribution in [2.45, 2.75) is 25.7 Å². The van der Waals surface area contributed by atoms with Crippen LogP contribution >= 0.6 is 0 Å². The fourth-order valence-corrected chi connectivity index (χ4v) is 3.74. The summed E-state index contributed by atoms with van der Waals surface area (Å²) in [4.78, 5) is 22.0. The molecule has 1 aliphatic rings. The molecule has 1 aromatic carbocycles. The number of hydrogen-bond acceptors (Lipinski definition) is 5. The van der Waals surface area contributed by atoms with Crippen LogP contribution in [0.4, 0.5) is 0 Å². The number of piperidine rings is 1. The normalized spacial score (nSPS) is 15.7. The molecule has 0 bridgehead atoms. The molecule has 3 aromatic heterocycles. The van der Waals surface area contributed by atoms with E-state index in [1.807, 2.05) is 46.7 Å². The predicted molar refractivity (Wildman–Crippen MR) is 99.5 cm³/mol. The molecule has 8 heteroatoms. The molecule has 0 spiro atoms.